The maximum Gasteiger partial charge on any atom is 0.323 e. The van der Waals surface area contributed by atoms with Crippen molar-refractivity contribution < 1.29 is 23.4 Å². The van der Waals surface area contributed by atoms with Gasteiger partial charge in [0.2, 0.25) is 5.95 Å². The van der Waals surface area contributed by atoms with E-state index in [1.54, 1.807) is 27.1 Å². The van der Waals surface area contributed by atoms with Gasteiger partial charge in [0.15, 0.2) is 17.0 Å². The maximum absolute atomic E-state index is 12.2. The number of nitrogens with zero attached hydrogens (tertiary/aromatic N) is 5. The lowest BCUT2D eigenvalue weighted by Crippen LogP contribution is -2.33. The SMILES string of the molecule is CC(C)OC(=O)[C@H](C)N[PH](=O)OC[C@@H]1CC[C@H](n2cnc3c(N(C)C4CC4)nc(N)nc32)O1. The zero-order chi connectivity index (χ0) is 23.7. The molecule has 1 aliphatic carbocycles. The number of carbonyl (C=O) groups is 1. The second-order valence-corrected chi connectivity index (χ2v) is 9.96. The highest BCUT2D eigenvalue weighted by atomic mass is 31.1. The third-order valence-electron chi connectivity index (χ3n) is 5.68. The molecule has 3 heterocycles. The number of esters is 1. The minimum Gasteiger partial charge on any atom is -0.462 e. The summed E-state index contributed by atoms with van der Waals surface area (Å²) in [4.78, 5) is 27.3. The van der Waals surface area contributed by atoms with Gasteiger partial charge in [0.05, 0.1) is 25.1 Å². The zero-order valence-corrected chi connectivity index (χ0v) is 20.4. The molecule has 2 aromatic rings. The zero-order valence-electron chi connectivity index (χ0n) is 19.4. The molecule has 13 heteroatoms. The van der Waals surface area contributed by atoms with Gasteiger partial charge in [0, 0.05) is 13.1 Å². The number of nitrogen functional groups attached to an aromatic ring is 1. The molecule has 2 aliphatic rings. The lowest BCUT2D eigenvalue weighted by molar-refractivity contribution is -0.149. The van der Waals surface area contributed by atoms with Crippen molar-refractivity contribution in [2.75, 3.05) is 24.3 Å². The van der Waals surface area contributed by atoms with E-state index in [2.05, 4.69) is 24.9 Å². The number of aromatic nitrogens is 4. The Labute approximate surface area is 193 Å². The number of imidazole rings is 1. The van der Waals surface area contributed by atoms with Crippen molar-refractivity contribution in [1.29, 1.82) is 0 Å². The number of nitrogens with two attached hydrogens (primary N) is 1. The van der Waals surface area contributed by atoms with Gasteiger partial charge in [0.1, 0.15) is 12.3 Å². The molecule has 0 amide bonds. The van der Waals surface area contributed by atoms with Gasteiger partial charge in [0.25, 0.3) is 8.18 Å². The average Bonchev–Trinajstić information content (AvgIpc) is 3.36. The van der Waals surface area contributed by atoms with Crippen molar-refractivity contribution in [2.24, 2.45) is 0 Å². The Morgan fingerprint density at radius 1 is 1.33 bits per heavy atom. The van der Waals surface area contributed by atoms with Gasteiger partial charge in [-0.2, -0.15) is 9.97 Å². The molecular formula is C20H32N7O5P. The number of anilines is 2. The van der Waals surface area contributed by atoms with Gasteiger partial charge in [-0.3, -0.25) is 13.9 Å². The van der Waals surface area contributed by atoms with Crippen LogP contribution in [0, 0.1) is 0 Å². The summed E-state index contributed by atoms with van der Waals surface area (Å²) in [6.07, 6.45) is 4.64. The fourth-order valence-electron chi connectivity index (χ4n) is 3.80. The summed E-state index contributed by atoms with van der Waals surface area (Å²) in [6, 6.07) is -0.259. The van der Waals surface area contributed by atoms with Gasteiger partial charge in [-0.1, -0.05) is 0 Å². The largest absolute Gasteiger partial charge is 0.462 e. The molecule has 0 bridgehead atoms. The van der Waals surface area contributed by atoms with Crippen molar-refractivity contribution in [3.63, 3.8) is 0 Å². The first-order valence-electron chi connectivity index (χ1n) is 11.2. The molecule has 0 radical (unpaired) electrons. The Balaban J connectivity index is 1.34. The molecule has 1 unspecified atom stereocenters. The van der Waals surface area contributed by atoms with E-state index in [0.717, 1.165) is 31.5 Å². The number of carbonyl (C=O) groups excluding carboxylic acids is 1. The Hall–Kier alpha value is -2.27. The van der Waals surface area contributed by atoms with E-state index < -0.39 is 20.2 Å². The molecule has 1 aliphatic heterocycles. The quantitative estimate of drug-likeness (QED) is 0.379. The highest BCUT2D eigenvalue weighted by Crippen LogP contribution is 2.36. The van der Waals surface area contributed by atoms with Crippen molar-refractivity contribution in [3.05, 3.63) is 6.33 Å². The van der Waals surface area contributed by atoms with E-state index in [4.69, 9.17) is 19.7 Å². The fourth-order valence-corrected chi connectivity index (χ4v) is 4.70. The van der Waals surface area contributed by atoms with Gasteiger partial charge in [-0.15, -0.1) is 0 Å². The lowest BCUT2D eigenvalue weighted by atomic mass is 10.2. The number of hydrogen-bond acceptors (Lipinski definition) is 10. The van der Waals surface area contributed by atoms with Crippen LogP contribution in [0.2, 0.25) is 0 Å². The summed E-state index contributed by atoms with van der Waals surface area (Å²) in [5.74, 6) is 0.454. The van der Waals surface area contributed by atoms with Crippen molar-refractivity contribution >= 4 is 37.1 Å². The molecule has 2 fully saturated rings. The van der Waals surface area contributed by atoms with Gasteiger partial charge in [-0.25, -0.2) is 10.1 Å². The average molecular weight is 481 g/mol. The number of ether oxygens (including phenoxy) is 2. The van der Waals surface area contributed by atoms with Gasteiger partial charge >= 0.3 is 5.97 Å². The molecule has 3 N–H and O–H groups in total. The predicted molar refractivity (Wildman–Crippen MR) is 123 cm³/mol. The Morgan fingerprint density at radius 3 is 2.79 bits per heavy atom. The minimum absolute atomic E-state index is 0.146. The summed E-state index contributed by atoms with van der Waals surface area (Å²) in [5.41, 5.74) is 7.31. The summed E-state index contributed by atoms with van der Waals surface area (Å²) < 4.78 is 30.7. The Morgan fingerprint density at radius 2 is 2.09 bits per heavy atom. The van der Waals surface area contributed by atoms with E-state index in [9.17, 15) is 9.36 Å². The smallest absolute Gasteiger partial charge is 0.323 e. The molecule has 1 saturated heterocycles. The fraction of sp³-hybridized carbons (Fsp3) is 0.700. The van der Waals surface area contributed by atoms with Crippen molar-refractivity contribution in [2.45, 2.75) is 77.0 Å². The van der Waals surface area contributed by atoms with Crippen molar-refractivity contribution in [1.82, 2.24) is 24.6 Å². The highest BCUT2D eigenvalue weighted by molar-refractivity contribution is 7.36. The van der Waals surface area contributed by atoms with E-state index in [-0.39, 0.29) is 31.0 Å². The summed E-state index contributed by atoms with van der Waals surface area (Å²) in [5, 5.41) is 2.65. The van der Waals surface area contributed by atoms with Crippen LogP contribution in [0.4, 0.5) is 11.8 Å². The maximum atomic E-state index is 12.2. The van der Waals surface area contributed by atoms with Crippen LogP contribution in [0.3, 0.4) is 0 Å². The summed E-state index contributed by atoms with van der Waals surface area (Å²) >= 11 is 0. The van der Waals surface area contributed by atoms with E-state index in [1.807, 2.05) is 11.6 Å². The van der Waals surface area contributed by atoms with Crippen molar-refractivity contribution in [3.8, 4) is 0 Å². The topological polar surface area (TPSA) is 147 Å². The standard InChI is InChI=1S/C20H32N7O5P/c1-11(2)31-19(28)12(3)25-33(29)30-9-14-7-8-15(32-14)27-10-22-16-17(26(4)13-5-6-13)23-20(21)24-18(16)27/h10-15,33H,5-9H2,1-4H3,(H,25,29)(H2,21,23,24)/t12-,14-,15+/m0/s1. The van der Waals surface area contributed by atoms with Crippen LogP contribution in [0.25, 0.3) is 11.2 Å². The Bertz CT molecular complexity index is 1030. The summed E-state index contributed by atoms with van der Waals surface area (Å²) in [7, 11) is -0.629. The first kappa shape index (κ1) is 23.9. The van der Waals surface area contributed by atoms with E-state index in [1.165, 1.54) is 0 Å². The molecule has 0 aromatic carbocycles. The second kappa shape index (κ2) is 9.92. The van der Waals surface area contributed by atoms with Crippen LogP contribution in [-0.4, -0.2) is 63.4 Å². The van der Waals surface area contributed by atoms with Crippen LogP contribution in [-0.2, 0) is 23.4 Å². The molecular weight excluding hydrogens is 449 g/mol. The molecule has 4 atom stereocenters. The van der Waals surface area contributed by atoms with Crippen LogP contribution < -0.4 is 15.7 Å². The number of rotatable bonds is 10. The molecule has 12 nitrogen and oxygen atoms in total. The molecule has 33 heavy (non-hydrogen) atoms. The highest BCUT2D eigenvalue weighted by Gasteiger charge is 2.32. The van der Waals surface area contributed by atoms with Crippen LogP contribution in [0.15, 0.2) is 6.33 Å². The molecule has 1 saturated carbocycles. The summed E-state index contributed by atoms with van der Waals surface area (Å²) in [6.45, 7) is 5.25. The van der Waals surface area contributed by atoms with Crippen LogP contribution in [0.5, 0.6) is 0 Å². The third-order valence-corrected chi connectivity index (χ3v) is 6.78. The normalized spacial score (nSPS) is 22.6. The number of nitrogens with one attached hydrogen (secondary N) is 1. The molecule has 4 rings (SSSR count). The van der Waals surface area contributed by atoms with Crippen LogP contribution in [0.1, 0.15) is 52.7 Å². The van der Waals surface area contributed by atoms with Gasteiger partial charge < -0.3 is 24.6 Å². The van der Waals surface area contributed by atoms with E-state index >= 15 is 0 Å². The third kappa shape index (κ3) is 5.63. The molecule has 2 aromatic heterocycles. The van der Waals surface area contributed by atoms with Crippen LogP contribution >= 0.6 is 8.18 Å². The Kier molecular flexibility index (Phi) is 7.18. The predicted octanol–water partition coefficient (Wildman–Crippen LogP) is 2.02. The lowest BCUT2D eigenvalue weighted by Gasteiger charge is -2.19. The monoisotopic (exact) mass is 481 g/mol. The first-order chi connectivity index (χ1) is 15.7. The number of fused-ring (bicyclic) bond motifs is 1. The van der Waals surface area contributed by atoms with E-state index in [0.29, 0.717) is 17.2 Å². The first-order valence-corrected chi connectivity index (χ1v) is 12.6. The minimum atomic E-state index is -2.63. The van der Waals surface area contributed by atoms with Gasteiger partial charge in [-0.05, 0) is 46.5 Å². The molecule has 0 spiro atoms. The second-order valence-electron chi connectivity index (χ2n) is 8.81. The molecule has 182 valence electrons. The number of hydrogen-bond donors (Lipinski definition) is 2.